The van der Waals surface area contributed by atoms with Crippen molar-refractivity contribution in [1.82, 2.24) is 15.2 Å². The fraction of sp³-hybridized carbons (Fsp3) is 0.643. The van der Waals surface area contributed by atoms with Crippen LogP contribution in [0.2, 0.25) is 0 Å². The van der Waals surface area contributed by atoms with Gasteiger partial charge in [0.15, 0.2) is 0 Å². The zero-order valence-corrected chi connectivity index (χ0v) is 10.8. The molecule has 4 nitrogen and oxygen atoms in total. The maximum Gasteiger partial charge on any atom is 0.0594 e. The Kier molecular flexibility index (Phi) is 3.88. The molecule has 0 radical (unpaired) electrons. The molecule has 3 heterocycles. The van der Waals surface area contributed by atoms with Crippen LogP contribution in [0.15, 0.2) is 18.3 Å². The lowest BCUT2D eigenvalue weighted by atomic mass is 10.1. The third-order valence-electron chi connectivity index (χ3n) is 3.77. The minimum absolute atomic E-state index is 0.474. The third-order valence-corrected chi connectivity index (χ3v) is 3.77. The first-order valence-corrected chi connectivity index (χ1v) is 6.90. The first kappa shape index (κ1) is 12.1. The molecule has 4 heteroatoms. The van der Waals surface area contributed by atoms with Crippen molar-refractivity contribution < 1.29 is 4.74 Å². The lowest BCUT2D eigenvalue weighted by Crippen LogP contribution is -2.35. The Bertz CT molecular complexity index is 367. The maximum atomic E-state index is 5.36. The van der Waals surface area contributed by atoms with Gasteiger partial charge in [0.05, 0.1) is 18.9 Å². The first-order valence-electron chi connectivity index (χ1n) is 6.90. The molecule has 2 fully saturated rings. The molecular formula is C14H21N3O. The lowest BCUT2D eigenvalue weighted by Gasteiger charge is -2.26. The van der Waals surface area contributed by atoms with Gasteiger partial charge in [-0.05, 0) is 31.0 Å². The van der Waals surface area contributed by atoms with E-state index < -0.39 is 0 Å². The number of hydrogen-bond acceptors (Lipinski definition) is 4. The zero-order chi connectivity index (χ0) is 12.2. The molecule has 2 saturated heterocycles. The quantitative estimate of drug-likeness (QED) is 0.874. The monoisotopic (exact) mass is 247 g/mol. The molecule has 0 bridgehead atoms. The molecule has 1 atom stereocenters. The smallest absolute Gasteiger partial charge is 0.0594 e. The van der Waals surface area contributed by atoms with Crippen LogP contribution in [0.5, 0.6) is 0 Å². The molecule has 1 aromatic heterocycles. The summed E-state index contributed by atoms with van der Waals surface area (Å²) in [4.78, 5) is 7.03. The molecule has 1 unspecified atom stereocenters. The van der Waals surface area contributed by atoms with E-state index in [9.17, 15) is 0 Å². The topological polar surface area (TPSA) is 37.4 Å². The molecule has 1 N–H and O–H groups in total. The van der Waals surface area contributed by atoms with E-state index in [1.54, 1.807) is 0 Å². The van der Waals surface area contributed by atoms with Gasteiger partial charge in [-0.15, -0.1) is 0 Å². The molecule has 0 saturated carbocycles. The molecular weight excluding hydrogens is 226 g/mol. The summed E-state index contributed by atoms with van der Waals surface area (Å²) in [5, 5.41) is 3.48. The van der Waals surface area contributed by atoms with E-state index in [4.69, 9.17) is 4.74 Å². The summed E-state index contributed by atoms with van der Waals surface area (Å²) < 4.78 is 5.36. The van der Waals surface area contributed by atoms with E-state index in [-0.39, 0.29) is 0 Å². The molecule has 98 valence electrons. The van der Waals surface area contributed by atoms with Crippen LogP contribution in [0.25, 0.3) is 0 Å². The fourth-order valence-electron chi connectivity index (χ4n) is 2.69. The molecule has 18 heavy (non-hydrogen) atoms. The molecule has 0 aliphatic carbocycles. The molecule has 0 amide bonds. The highest BCUT2D eigenvalue weighted by atomic mass is 16.5. The second kappa shape index (κ2) is 5.78. The summed E-state index contributed by atoms with van der Waals surface area (Å²) >= 11 is 0. The standard InChI is InChI=1S/C14H21N3O/c1-2-13(15-5-1)14-4-3-12(10-16-14)11-17-6-8-18-9-7-17/h3-4,10,13,15H,1-2,5-9,11H2. The van der Waals surface area contributed by atoms with Crippen molar-refractivity contribution in [3.8, 4) is 0 Å². The summed E-state index contributed by atoms with van der Waals surface area (Å²) in [6, 6.07) is 4.87. The number of morpholine rings is 1. The number of nitrogens with zero attached hydrogens (tertiary/aromatic N) is 2. The summed E-state index contributed by atoms with van der Waals surface area (Å²) in [5.74, 6) is 0. The van der Waals surface area contributed by atoms with Crippen LogP contribution in [-0.2, 0) is 11.3 Å². The molecule has 0 spiro atoms. The van der Waals surface area contributed by atoms with Crippen LogP contribution in [0.4, 0.5) is 0 Å². The van der Waals surface area contributed by atoms with Crippen LogP contribution < -0.4 is 5.32 Å². The molecule has 0 aromatic carbocycles. The lowest BCUT2D eigenvalue weighted by molar-refractivity contribution is 0.0341. The summed E-state index contributed by atoms with van der Waals surface area (Å²) in [6.07, 6.45) is 4.52. The average molecular weight is 247 g/mol. The van der Waals surface area contributed by atoms with Crippen molar-refractivity contribution in [2.75, 3.05) is 32.8 Å². The number of hydrogen-bond donors (Lipinski definition) is 1. The van der Waals surface area contributed by atoms with Gasteiger partial charge in [-0.3, -0.25) is 9.88 Å². The highest BCUT2D eigenvalue weighted by molar-refractivity contribution is 5.17. The second-order valence-corrected chi connectivity index (χ2v) is 5.13. The highest BCUT2D eigenvalue weighted by Crippen LogP contribution is 2.21. The van der Waals surface area contributed by atoms with Crippen LogP contribution in [0.1, 0.15) is 30.1 Å². The van der Waals surface area contributed by atoms with Gasteiger partial charge < -0.3 is 10.1 Å². The van der Waals surface area contributed by atoms with Gasteiger partial charge in [-0.2, -0.15) is 0 Å². The Hall–Kier alpha value is -0.970. The van der Waals surface area contributed by atoms with E-state index in [1.807, 2.05) is 6.20 Å². The summed E-state index contributed by atoms with van der Waals surface area (Å²) in [6.45, 7) is 5.91. The van der Waals surface area contributed by atoms with E-state index in [0.717, 1.165) is 39.4 Å². The Morgan fingerprint density at radius 3 is 2.89 bits per heavy atom. The average Bonchev–Trinajstić information content (AvgIpc) is 2.95. The van der Waals surface area contributed by atoms with E-state index in [2.05, 4.69) is 27.3 Å². The van der Waals surface area contributed by atoms with Crippen molar-refractivity contribution in [2.24, 2.45) is 0 Å². The Labute approximate surface area is 108 Å². The van der Waals surface area contributed by atoms with Crippen molar-refractivity contribution >= 4 is 0 Å². The van der Waals surface area contributed by atoms with Gasteiger partial charge in [0.1, 0.15) is 0 Å². The Morgan fingerprint density at radius 2 is 2.22 bits per heavy atom. The number of rotatable bonds is 3. The molecule has 3 rings (SSSR count). The van der Waals surface area contributed by atoms with Crippen molar-refractivity contribution in [2.45, 2.75) is 25.4 Å². The number of pyridine rings is 1. The normalized spacial score (nSPS) is 25.4. The first-order chi connectivity index (χ1) is 8.92. The third kappa shape index (κ3) is 2.88. The van der Waals surface area contributed by atoms with Gasteiger partial charge in [-0.1, -0.05) is 6.07 Å². The maximum absolute atomic E-state index is 5.36. The van der Waals surface area contributed by atoms with Crippen molar-refractivity contribution in [3.05, 3.63) is 29.6 Å². The minimum atomic E-state index is 0.474. The Balaban J connectivity index is 1.59. The van der Waals surface area contributed by atoms with E-state index >= 15 is 0 Å². The van der Waals surface area contributed by atoms with Crippen LogP contribution >= 0.6 is 0 Å². The zero-order valence-electron chi connectivity index (χ0n) is 10.8. The van der Waals surface area contributed by atoms with Crippen molar-refractivity contribution in [3.63, 3.8) is 0 Å². The van der Waals surface area contributed by atoms with E-state index in [1.165, 1.54) is 24.1 Å². The molecule has 1 aromatic rings. The fourth-order valence-corrected chi connectivity index (χ4v) is 2.69. The van der Waals surface area contributed by atoms with Gasteiger partial charge in [0, 0.05) is 31.9 Å². The number of aromatic nitrogens is 1. The van der Waals surface area contributed by atoms with Gasteiger partial charge in [-0.25, -0.2) is 0 Å². The SMILES string of the molecule is c1cc(C2CCCN2)ncc1CN1CCOCC1. The highest BCUT2D eigenvalue weighted by Gasteiger charge is 2.17. The predicted molar refractivity (Wildman–Crippen MR) is 70.3 cm³/mol. The van der Waals surface area contributed by atoms with Gasteiger partial charge in [0.25, 0.3) is 0 Å². The van der Waals surface area contributed by atoms with Crippen molar-refractivity contribution in [1.29, 1.82) is 0 Å². The van der Waals surface area contributed by atoms with Gasteiger partial charge in [0.2, 0.25) is 0 Å². The van der Waals surface area contributed by atoms with Gasteiger partial charge >= 0.3 is 0 Å². The Morgan fingerprint density at radius 1 is 1.33 bits per heavy atom. The predicted octanol–water partition coefficient (Wildman–Crippen LogP) is 1.34. The molecule has 2 aliphatic rings. The number of nitrogens with one attached hydrogen (secondary N) is 1. The van der Waals surface area contributed by atoms with Crippen LogP contribution in [0.3, 0.4) is 0 Å². The summed E-state index contributed by atoms with van der Waals surface area (Å²) in [7, 11) is 0. The molecule has 2 aliphatic heterocycles. The second-order valence-electron chi connectivity index (χ2n) is 5.13. The number of ether oxygens (including phenoxy) is 1. The van der Waals surface area contributed by atoms with Crippen LogP contribution in [0, 0.1) is 0 Å². The van der Waals surface area contributed by atoms with Crippen LogP contribution in [-0.4, -0.2) is 42.7 Å². The van der Waals surface area contributed by atoms with E-state index in [0.29, 0.717) is 6.04 Å². The minimum Gasteiger partial charge on any atom is -0.379 e. The summed E-state index contributed by atoms with van der Waals surface area (Å²) in [5.41, 5.74) is 2.50. The largest absolute Gasteiger partial charge is 0.379 e.